The predicted molar refractivity (Wildman–Crippen MR) is 85.4 cm³/mol. The van der Waals surface area contributed by atoms with E-state index < -0.39 is 0 Å². The van der Waals surface area contributed by atoms with E-state index in [0.29, 0.717) is 22.3 Å². The lowest BCUT2D eigenvalue weighted by Crippen LogP contribution is -3.16. The maximum atomic E-state index is 12.2. The second-order valence-corrected chi connectivity index (χ2v) is 6.48. The Morgan fingerprint density at radius 3 is 2.57 bits per heavy atom. The van der Waals surface area contributed by atoms with Crippen molar-refractivity contribution in [3.63, 3.8) is 0 Å². The Morgan fingerprint density at radius 2 is 1.95 bits per heavy atom. The molecule has 2 atom stereocenters. The van der Waals surface area contributed by atoms with Crippen LogP contribution in [0.3, 0.4) is 0 Å². The summed E-state index contributed by atoms with van der Waals surface area (Å²) in [4.78, 5) is 13.4. The highest BCUT2D eigenvalue weighted by molar-refractivity contribution is 6.40. The average Bonchev–Trinajstić information content (AvgIpc) is 2.38. The molecule has 1 aromatic carbocycles. The number of rotatable bonds is 3. The van der Waals surface area contributed by atoms with E-state index in [1.54, 1.807) is 6.07 Å². The number of nitrogens with one attached hydrogen (secondary N) is 2. The molecule has 0 spiro atoms. The van der Waals surface area contributed by atoms with E-state index in [0.717, 1.165) is 18.7 Å². The smallest absolute Gasteiger partial charge is 0.279 e. The molecular weight excluding hydrogens is 311 g/mol. The van der Waals surface area contributed by atoms with Gasteiger partial charge in [0.05, 0.1) is 15.7 Å². The van der Waals surface area contributed by atoms with Crippen molar-refractivity contribution < 1.29 is 14.4 Å². The molecule has 0 bridgehead atoms. The highest BCUT2D eigenvalue weighted by atomic mass is 35.5. The molecule has 4 nitrogen and oxygen atoms in total. The SMILES string of the molecule is Cc1ccc(Cl)c(NC(=O)C[NH+]2C[C@H](C)O[C@@H](C)C2)c1Cl. The summed E-state index contributed by atoms with van der Waals surface area (Å²) in [6.07, 6.45) is 0.338. The van der Waals surface area contributed by atoms with E-state index >= 15 is 0 Å². The number of halogens is 2. The van der Waals surface area contributed by atoms with Gasteiger partial charge in [-0.3, -0.25) is 4.79 Å². The standard InChI is InChI=1S/C15H20Cl2N2O2/c1-9-4-5-12(16)15(14(9)17)18-13(20)8-19-6-10(2)21-11(3)7-19/h4-5,10-11H,6-8H2,1-3H3,(H,18,20)/p+1/t10-,11-/m0/s1. The molecule has 6 heteroatoms. The number of anilines is 1. The first-order valence-electron chi connectivity index (χ1n) is 7.10. The third-order valence-corrected chi connectivity index (χ3v) is 4.38. The number of quaternary nitrogens is 1. The Kier molecular flexibility index (Phi) is 5.49. The van der Waals surface area contributed by atoms with Crippen LogP contribution in [0, 0.1) is 6.92 Å². The molecule has 1 aliphatic heterocycles. The summed E-state index contributed by atoms with van der Waals surface area (Å²) in [5.41, 5.74) is 1.38. The normalized spacial score (nSPS) is 25.7. The van der Waals surface area contributed by atoms with Crippen LogP contribution in [-0.2, 0) is 9.53 Å². The monoisotopic (exact) mass is 331 g/mol. The molecule has 1 amide bonds. The van der Waals surface area contributed by atoms with Gasteiger partial charge in [-0.1, -0.05) is 29.3 Å². The summed E-state index contributed by atoms with van der Waals surface area (Å²) in [5.74, 6) is -0.0827. The van der Waals surface area contributed by atoms with Crippen LogP contribution in [0.5, 0.6) is 0 Å². The number of benzene rings is 1. The minimum atomic E-state index is -0.0827. The van der Waals surface area contributed by atoms with Crippen LogP contribution in [0.25, 0.3) is 0 Å². The van der Waals surface area contributed by atoms with Crippen molar-refractivity contribution in [2.45, 2.75) is 33.0 Å². The molecule has 1 saturated heterocycles. The fraction of sp³-hybridized carbons (Fsp3) is 0.533. The fourth-order valence-corrected chi connectivity index (χ4v) is 3.18. The zero-order valence-corrected chi connectivity index (χ0v) is 14.0. The van der Waals surface area contributed by atoms with E-state index in [1.165, 1.54) is 4.90 Å². The number of morpholine rings is 1. The molecule has 0 aliphatic carbocycles. The lowest BCUT2D eigenvalue weighted by molar-refractivity contribution is -0.907. The Balaban J connectivity index is 2.01. The number of amides is 1. The molecular formula is C15H21Cl2N2O2+. The molecule has 0 saturated carbocycles. The van der Waals surface area contributed by atoms with Crippen molar-refractivity contribution in [2.75, 3.05) is 25.0 Å². The van der Waals surface area contributed by atoms with Crippen molar-refractivity contribution in [2.24, 2.45) is 0 Å². The number of carbonyl (C=O) groups is 1. The summed E-state index contributed by atoms with van der Waals surface area (Å²) < 4.78 is 5.68. The Bertz CT molecular complexity index is 527. The minimum Gasteiger partial charge on any atom is -0.364 e. The summed E-state index contributed by atoms with van der Waals surface area (Å²) in [6.45, 7) is 7.98. The van der Waals surface area contributed by atoms with Gasteiger partial charge in [-0.2, -0.15) is 0 Å². The first-order valence-corrected chi connectivity index (χ1v) is 7.86. The lowest BCUT2D eigenvalue weighted by atomic mass is 10.2. The van der Waals surface area contributed by atoms with E-state index in [9.17, 15) is 4.79 Å². The zero-order chi connectivity index (χ0) is 15.6. The minimum absolute atomic E-state index is 0.0827. The molecule has 1 fully saturated rings. The van der Waals surface area contributed by atoms with Crippen molar-refractivity contribution in [3.8, 4) is 0 Å². The number of carbonyl (C=O) groups excluding carboxylic acids is 1. The highest BCUT2D eigenvalue weighted by Crippen LogP contribution is 2.32. The Hall–Kier alpha value is -0.810. The van der Waals surface area contributed by atoms with Gasteiger partial charge in [-0.05, 0) is 32.4 Å². The lowest BCUT2D eigenvalue weighted by Gasteiger charge is -2.32. The van der Waals surface area contributed by atoms with Gasteiger partial charge >= 0.3 is 0 Å². The number of hydrogen-bond acceptors (Lipinski definition) is 2. The largest absolute Gasteiger partial charge is 0.364 e. The van der Waals surface area contributed by atoms with Crippen LogP contribution in [0.2, 0.25) is 10.0 Å². The van der Waals surface area contributed by atoms with E-state index in [4.69, 9.17) is 27.9 Å². The zero-order valence-electron chi connectivity index (χ0n) is 12.5. The molecule has 2 N–H and O–H groups in total. The van der Waals surface area contributed by atoms with Gasteiger partial charge in [0.25, 0.3) is 5.91 Å². The molecule has 0 aromatic heterocycles. The predicted octanol–water partition coefficient (Wildman–Crippen LogP) is 1.93. The fourth-order valence-electron chi connectivity index (χ4n) is 2.72. The summed E-state index contributed by atoms with van der Waals surface area (Å²) in [6, 6.07) is 3.57. The van der Waals surface area contributed by atoms with Crippen LogP contribution in [0.1, 0.15) is 19.4 Å². The number of hydrogen-bond donors (Lipinski definition) is 2. The van der Waals surface area contributed by atoms with Gasteiger partial charge in [0, 0.05) is 0 Å². The molecule has 2 rings (SSSR count). The second-order valence-electron chi connectivity index (χ2n) is 5.69. The van der Waals surface area contributed by atoms with Crippen molar-refractivity contribution in [1.82, 2.24) is 0 Å². The molecule has 1 aromatic rings. The first kappa shape index (κ1) is 16.6. The molecule has 0 unspecified atom stereocenters. The molecule has 0 radical (unpaired) electrons. The maximum absolute atomic E-state index is 12.2. The first-order chi connectivity index (χ1) is 9.86. The number of ether oxygens (including phenoxy) is 1. The van der Waals surface area contributed by atoms with E-state index in [2.05, 4.69) is 5.32 Å². The molecule has 21 heavy (non-hydrogen) atoms. The van der Waals surface area contributed by atoms with Crippen molar-refractivity contribution in [3.05, 3.63) is 27.7 Å². The maximum Gasteiger partial charge on any atom is 0.279 e. The van der Waals surface area contributed by atoms with E-state index in [-0.39, 0.29) is 18.1 Å². The van der Waals surface area contributed by atoms with Crippen LogP contribution in [0.15, 0.2) is 12.1 Å². The van der Waals surface area contributed by atoms with Crippen LogP contribution in [-0.4, -0.2) is 37.7 Å². The topological polar surface area (TPSA) is 42.8 Å². The van der Waals surface area contributed by atoms with Crippen LogP contribution in [0.4, 0.5) is 5.69 Å². The summed E-state index contributed by atoms with van der Waals surface area (Å²) in [5, 5.41) is 3.78. The average molecular weight is 332 g/mol. The quantitative estimate of drug-likeness (QED) is 0.888. The van der Waals surface area contributed by atoms with Gasteiger partial charge in [0.15, 0.2) is 6.54 Å². The Morgan fingerprint density at radius 1 is 1.33 bits per heavy atom. The van der Waals surface area contributed by atoms with Gasteiger partial charge in [-0.25, -0.2) is 0 Å². The van der Waals surface area contributed by atoms with Crippen LogP contribution < -0.4 is 10.2 Å². The number of aryl methyl sites for hydroxylation is 1. The molecule has 1 aliphatic rings. The van der Waals surface area contributed by atoms with Crippen molar-refractivity contribution in [1.29, 1.82) is 0 Å². The molecule has 116 valence electrons. The Labute approximate surface area is 135 Å². The third kappa shape index (κ3) is 4.33. The molecule has 1 heterocycles. The van der Waals surface area contributed by atoms with E-state index in [1.807, 2.05) is 26.8 Å². The van der Waals surface area contributed by atoms with Gasteiger partial charge in [0.1, 0.15) is 25.3 Å². The third-order valence-electron chi connectivity index (χ3n) is 3.58. The van der Waals surface area contributed by atoms with Gasteiger partial charge < -0.3 is 15.0 Å². The summed E-state index contributed by atoms with van der Waals surface area (Å²) >= 11 is 12.3. The van der Waals surface area contributed by atoms with Gasteiger partial charge in [-0.15, -0.1) is 0 Å². The van der Waals surface area contributed by atoms with Crippen LogP contribution >= 0.6 is 23.2 Å². The highest BCUT2D eigenvalue weighted by Gasteiger charge is 2.27. The van der Waals surface area contributed by atoms with Crippen molar-refractivity contribution >= 4 is 34.8 Å². The summed E-state index contributed by atoms with van der Waals surface area (Å²) in [7, 11) is 0. The second kappa shape index (κ2) is 6.97. The van der Waals surface area contributed by atoms with Gasteiger partial charge in [0.2, 0.25) is 0 Å².